The minimum Gasteiger partial charge on any atom is -0.462 e. The number of carbonyl (C=O) groups is 2. The lowest BCUT2D eigenvalue weighted by atomic mass is 10.2. The zero-order valence-corrected chi connectivity index (χ0v) is 19.8. The van der Waals surface area contributed by atoms with Gasteiger partial charge in [0, 0.05) is 24.7 Å². The van der Waals surface area contributed by atoms with Gasteiger partial charge in [0.1, 0.15) is 10.6 Å². The summed E-state index contributed by atoms with van der Waals surface area (Å²) in [7, 11) is -3.77. The van der Waals surface area contributed by atoms with Gasteiger partial charge in [-0.2, -0.15) is 4.31 Å². The van der Waals surface area contributed by atoms with Crippen molar-refractivity contribution in [3.05, 3.63) is 51.6 Å². The molecule has 13 heteroatoms. The molecule has 2 aromatic rings. The van der Waals surface area contributed by atoms with Gasteiger partial charge in [0.25, 0.3) is 5.91 Å². The number of rotatable bonds is 7. The Morgan fingerprint density at radius 3 is 2.39 bits per heavy atom. The molecule has 0 saturated carbocycles. The normalized spacial score (nSPS) is 19.1. The van der Waals surface area contributed by atoms with Crippen LogP contribution in [-0.2, 0) is 19.5 Å². The Bertz CT molecular complexity index is 1150. The first-order valence-corrected chi connectivity index (χ1v) is 12.3. The van der Waals surface area contributed by atoms with Gasteiger partial charge >= 0.3 is 11.0 Å². The van der Waals surface area contributed by atoms with Crippen LogP contribution in [0.1, 0.15) is 41.5 Å². The van der Waals surface area contributed by atoms with Crippen LogP contribution < -0.4 is 5.32 Å². The van der Waals surface area contributed by atoms with Gasteiger partial charge in [-0.3, -0.25) is 14.9 Å². The number of esters is 1. The van der Waals surface area contributed by atoms with Crippen molar-refractivity contribution in [1.82, 2.24) is 4.31 Å². The van der Waals surface area contributed by atoms with E-state index in [9.17, 15) is 28.1 Å². The molecule has 3 rings (SSSR count). The summed E-state index contributed by atoms with van der Waals surface area (Å²) in [6.07, 6.45) is -0.478. The average molecular weight is 498 g/mol. The minimum atomic E-state index is -3.77. The molecule has 33 heavy (non-hydrogen) atoms. The van der Waals surface area contributed by atoms with E-state index in [0.717, 1.165) is 6.07 Å². The van der Waals surface area contributed by atoms with Crippen molar-refractivity contribution in [3.63, 3.8) is 0 Å². The summed E-state index contributed by atoms with van der Waals surface area (Å²) in [5.74, 6) is -1.46. The van der Waals surface area contributed by atoms with Crippen molar-refractivity contribution in [1.29, 1.82) is 0 Å². The molecule has 0 radical (unpaired) electrons. The molecule has 1 aliphatic rings. The topological polar surface area (TPSA) is 145 Å². The van der Waals surface area contributed by atoms with E-state index in [2.05, 4.69) is 5.32 Å². The first-order valence-electron chi connectivity index (χ1n) is 10.0. The maximum Gasteiger partial charge on any atom is 0.341 e. The highest BCUT2D eigenvalue weighted by molar-refractivity contribution is 7.89. The van der Waals surface area contributed by atoms with E-state index < -0.39 is 26.8 Å². The van der Waals surface area contributed by atoms with E-state index in [0.29, 0.717) is 11.3 Å². The molecule has 2 heterocycles. The van der Waals surface area contributed by atoms with Crippen LogP contribution in [0.3, 0.4) is 0 Å². The predicted molar refractivity (Wildman–Crippen MR) is 120 cm³/mol. The number of thiophene rings is 1. The Morgan fingerprint density at radius 2 is 1.85 bits per heavy atom. The molecule has 1 saturated heterocycles. The number of anilines is 1. The summed E-state index contributed by atoms with van der Waals surface area (Å²) in [6, 6.07) is 6.35. The average Bonchev–Trinajstić information content (AvgIpc) is 3.17. The zero-order valence-electron chi connectivity index (χ0n) is 18.1. The van der Waals surface area contributed by atoms with Gasteiger partial charge in [-0.15, -0.1) is 0 Å². The summed E-state index contributed by atoms with van der Waals surface area (Å²) < 4.78 is 37.7. The number of carbonyl (C=O) groups excluding carboxylic acids is 2. The molecule has 1 fully saturated rings. The van der Waals surface area contributed by atoms with Crippen molar-refractivity contribution in [3.8, 4) is 0 Å². The molecule has 0 aliphatic carbocycles. The van der Waals surface area contributed by atoms with E-state index in [-0.39, 0.29) is 57.9 Å². The molecule has 1 aromatic carbocycles. The zero-order chi connectivity index (χ0) is 24.3. The standard InChI is InChI=1S/C20H23N3O8S2/c1-4-30-20(25)16-9-17(23(26)27)32-19(16)21-18(24)14-5-7-15(8-6-14)33(28,29)22-10-12(2)31-13(3)11-22/h5-9,12-13H,4,10-11H2,1-3H3,(H,21,24)/t12-,13+. The second-order valence-corrected chi connectivity index (χ2v) is 10.3. The van der Waals surface area contributed by atoms with E-state index in [1.165, 1.54) is 28.6 Å². The lowest BCUT2D eigenvalue weighted by Gasteiger charge is -2.34. The Labute approximate surface area is 194 Å². The van der Waals surface area contributed by atoms with Gasteiger partial charge in [0.05, 0.1) is 28.6 Å². The third-order valence-electron chi connectivity index (χ3n) is 4.76. The quantitative estimate of drug-likeness (QED) is 0.349. The fourth-order valence-electron chi connectivity index (χ4n) is 3.35. The predicted octanol–water partition coefficient (Wildman–Crippen LogP) is 2.88. The van der Waals surface area contributed by atoms with Crippen molar-refractivity contribution in [2.24, 2.45) is 0 Å². The molecule has 178 valence electrons. The number of hydrogen-bond donors (Lipinski definition) is 1. The Balaban J connectivity index is 1.80. The van der Waals surface area contributed by atoms with E-state index >= 15 is 0 Å². The van der Waals surface area contributed by atoms with Crippen molar-refractivity contribution < 1.29 is 32.4 Å². The highest BCUT2D eigenvalue weighted by Crippen LogP contribution is 2.34. The van der Waals surface area contributed by atoms with Gasteiger partial charge < -0.3 is 14.8 Å². The van der Waals surface area contributed by atoms with Crippen LogP contribution >= 0.6 is 11.3 Å². The Hall–Kier alpha value is -2.87. The van der Waals surface area contributed by atoms with Gasteiger partial charge in [0.15, 0.2) is 0 Å². The maximum absolute atomic E-state index is 13.0. The number of sulfonamides is 1. The summed E-state index contributed by atoms with van der Waals surface area (Å²) >= 11 is 0.625. The van der Waals surface area contributed by atoms with Crippen LogP contribution in [0, 0.1) is 10.1 Å². The summed E-state index contributed by atoms with van der Waals surface area (Å²) in [6.45, 7) is 5.69. The molecule has 1 aliphatic heterocycles. The fourth-order valence-corrected chi connectivity index (χ4v) is 5.80. The van der Waals surface area contributed by atoms with E-state index in [4.69, 9.17) is 9.47 Å². The highest BCUT2D eigenvalue weighted by atomic mass is 32.2. The molecular formula is C20H23N3O8S2. The van der Waals surface area contributed by atoms with E-state index in [1.54, 1.807) is 20.8 Å². The van der Waals surface area contributed by atoms with Crippen molar-refractivity contribution >= 4 is 43.2 Å². The van der Waals surface area contributed by atoms with Crippen LogP contribution in [0.2, 0.25) is 0 Å². The number of amides is 1. The Kier molecular flexibility index (Phi) is 7.47. The van der Waals surface area contributed by atoms with Gasteiger partial charge in [0.2, 0.25) is 10.0 Å². The molecule has 1 aromatic heterocycles. The highest BCUT2D eigenvalue weighted by Gasteiger charge is 2.32. The third kappa shape index (κ3) is 5.55. The SMILES string of the molecule is CCOC(=O)c1cc([N+](=O)[O-])sc1NC(=O)c1ccc(S(=O)(=O)N2C[C@@H](C)O[C@@H](C)C2)cc1. The van der Waals surface area contributed by atoms with Gasteiger partial charge in [-0.1, -0.05) is 0 Å². The van der Waals surface area contributed by atoms with Crippen LogP contribution in [0.5, 0.6) is 0 Å². The summed E-state index contributed by atoms with van der Waals surface area (Å²) in [5.41, 5.74) is -0.0137. The molecule has 2 atom stereocenters. The molecule has 0 spiro atoms. The number of hydrogen-bond acceptors (Lipinski definition) is 9. The maximum atomic E-state index is 13.0. The lowest BCUT2D eigenvalue weighted by Crippen LogP contribution is -2.48. The first-order chi connectivity index (χ1) is 15.5. The van der Waals surface area contributed by atoms with Crippen LogP contribution in [0.4, 0.5) is 10.0 Å². The monoisotopic (exact) mass is 497 g/mol. The van der Waals surface area contributed by atoms with E-state index in [1.807, 2.05) is 0 Å². The largest absolute Gasteiger partial charge is 0.462 e. The first kappa shape index (κ1) is 24.8. The number of morpholine rings is 1. The number of nitro groups is 1. The minimum absolute atomic E-state index is 0.0272. The Morgan fingerprint density at radius 1 is 1.24 bits per heavy atom. The molecule has 0 bridgehead atoms. The number of nitrogens with one attached hydrogen (secondary N) is 1. The molecule has 1 N–H and O–H groups in total. The molecule has 11 nitrogen and oxygen atoms in total. The molecule has 1 amide bonds. The number of benzene rings is 1. The number of ether oxygens (including phenoxy) is 2. The van der Waals surface area contributed by atoms with Crippen LogP contribution in [0.25, 0.3) is 0 Å². The lowest BCUT2D eigenvalue weighted by molar-refractivity contribution is -0.380. The third-order valence-corrected chi connectivity index (χ3v) is 7.61. The van der Waals surface area contributed by atoms with Crippen LogP contribution in [-0.4, -0.2) is 61.4 Å². The van der Waals surface area contributed by atoms with Crippen molar-refractivity contribution in [2.75, 3.05) is 25.0 Å². The second kappa shape index (κ2) is 9.95. The second-order valence-electron chi connectivity index (χ2n) is 7.36. The summed E-state index contributed by atoms with van der Waals surface area (Å²) in [5, 5.41) is 13.2. The van der Waals surface area contributed by atoms with Crippen LogP contribution in [0.15, 0.2) is 35.2 Å². The van der Waals surface area contributed by atoms with Crippen molar-refractivity contribution in [2.45, 2.75) is 37.9 Å². The number of nitrogens with zero attached hydrogens (tertiary/aromatic N) is 2. The smallest absolute Gasteiger partial charge is 0.341 e. The summed E-state index contributed by atoms with van der Waals surface area (Å²) in [4.78, 5) is 35.2. The fraction of sp³-hybridized carbons (Fsp3) is 0.400. The van der Waals surface area contributed by atoms with Gasteiger partial charge in [-0.05, 0) is 56.4 Å². The molecule has 0 unspecified atom stereocenters. The molecular weight excluding hydrogens is 474 g/mol. The van der Waals surface area contributed by atoms with Gasteiger partial charge in [-0.25, -0.2) is 13.2 Å².